The largest absolute Gasteiger partial charge is 0.358 e. The van der Waals surface area contributed by atoms with E-state index in [1.165, 1.54) is 18.4 Å². The molecule has 2 heteroatoms. The second-order valence-electron chi connectivity index (χ2n) is 4.42. The Labute approximate surface area is 104 Å². The Kier molecular flexibility index (Phi) is 4.77. The van der Waals surface area contributed by atoms with E-state index in [-0.39, 0.29) is 6.23 Å². The molecule has 1 saturated heterocycles. The topological polar surface area (TPSA) is 12.5 Å². The van der Waals surface area contributed by atoms with Crippen molar-refractivity contribution in [3.05, 3.63) is 42.0 Å². The summed E-state index contributed by atoms with van der Waals surface area (Å²) in [6, 6.07) is 10.4. The predicted octanol–water partition coefficient (Wildman–Crippen LogP) is 3.16. The third kappa shape index (κ3) is 3.69. The second-order valence-corrected chi connectivity index (χ2v) is 4.42. The van der Waals surface area contributed by atoms with E-state index >= 15 is 0 Å². The summed E-state index contributed by atoms with van der Waals surface area (Å²) < 4.78 is 5.72. The molecule has 17 heavy (non-hydrogen) atoms. The molecule has 2 nitrogen and oxygen atoms in total. The van der Waals surface area contributed by atoms with Gasteiger partial charge in [-0.05, 0) is 18.1 Å². The Morgan fingerprint density at radius 2 is 2.18 bits per heavy atom. The maximum Gasteiger partial charge on any atom is 0.130 e. The van der Waals surface area contributed by atoms with Crippen LogP contribution >= 0.6 is 0 Å². The fraction of sp³-hybridized carbons (Fsp3) is 0.467. The standard InChI is InChI=1S/C15H21NO/c1-2-3-11-16-12-13-17-15(16)10-9-14-7-5-4-6-8-14/h4-10,15H,2-3,11-13H2,1H3/b10-9+. The van der Waals surface area contributed by atoms with Crippen LogP contribution in [0.4, 0.5) is 0 Å². The van der Waals surface area contributed by atoms with Crippen LogP contribution in [0.1, 0.15) is 25.3 Å². The van der Waals surface area contributed by atoms with E-state index in [2.05, 4.69) is 48.2 Å². The lowest BCUT2D eigenvalue weighted by atomic mass is 10.2. The molecule has 0 aromatic heterocycles. The highest BCUT2D eigenvalue weighted by molar-refractivity contribution is 5.49. The molecule has 1 unspecified atom stereocenters. The lowest BCUT2D eigenvalue weighted by Gasteiger charge is -2.19. The molecule has 92 valence electrons. The van der Waals surface area contributed by atoms with E-state index < -0.39 is 0 Å². The number of hydrogen-bond acceptors (Lipinski definition) is 2. The summed E-state index contributed by atoms with van der Waals surface area (Å²) in [5.74, 6) is 0. The van der Waals surface area contributed by atoms with Crippen molar-refractivity contribution in [2.45, 2.75) is 26.0 Å². The van der Waals surface area contributed by atoms with E-state index in [9.17, 15) is 0 Å². The minimum absolute atomic E-state index is 0.168. The third-order valence-corrected chi connectivity index (χ3v) is 3.08. The number of benzene rings is 1. The first-order chi connectivity index (χ1) is 8.40. The van der Waals surface area contributed by atoms with Gasteiger partial charge in [0.2, 0.25) is 0 Å². The number of ether oxygens (including phenoxy) is 1. The lowest BCUT2D eigenvalue weighted by Crippen LogP contribution is -2.29. The smallest absolute Gasteiger partial charge is 0.130 e. The van der Waals surface area contributed by atoms with Gasteiger partial charge >= 0.3 is 0 Å². The molecular weight excluding hydrogens is 210 g/mol. The van der Waals surface area contributed by atoms with E-state index in [0.29, 0.717) is 0 Å². The molecule has 0 bridgehead atoms. The molecule has 0 N–H and O–H groups in total. The van der Waals surface area contributed by atoms with Crippen LogP contribution in [-0.4, -0.2) is 30.8 Å². The summed E-state index contributed by atoms with van der Waals surface area (Å²) in [6.45, 7) is 5.28. The molecule has 1 aromatic rings. The quantitative estimate of drug-likeness (QED) is 0.772. The minimum Gasteiger partial charge on any atom is -0.358 e. The Hall–Kier alpha value is -1.12. The highest BCUT2D eigenvalue weighted by atomic mass is 16.5. The Bertz CT molecular complexity index is 347. The van der Waals surface area contributed by atoms with Crippen molar-refractivity contribution in [3.8, 4) is 0 Å². The molecule has 1 aromatic carbocycles. The average Bonchev–Trinajstić information content (AvgIpc) is 2.82. The Morgan fingerprint density at radius 1 is 1.35 bits per heavy atom. The normalized spacial score (nSPS) is 21.4. The van der Waals surface area contributed by atoms with Gasteiger partial charge in [0.15, 0.2) is 0 Å². The minimum atomic E-state index is 0.168. The van der Waals surface area contributed by atoms with Crippen LogP contribution in [0.15, 0.2) is 36.4 Å². The van der Waals surface area contributed by atoms with Gasteiger partial charge in [-0.15, -0.1) is 0 Å². The van der Waals surface area contributed by atoms with Crippen LogP contribution in [0.3, 0.4) is 0 Å². The van der Waals surface area contributed by atoms with Gasteiger partial charge in [-0.1, -0.05) is 49.8 Å². The van der Waals surface area contributed by atoms with Crippen molar-refractivity contribution in [1.82, 2.24) is 4.90 Å². The maximum atomic E-state index is 5.72. The van der Waals surface area contributed by atoms with Crippen molar-refractivity contribution >= 4 is 6.08 Å². The van der Waals surface area contributed by atoms with Crippen molar-refractivity contribution in [2.75, 3.05) is 19.7 Å². The molecule has 1 fully saturated rings. The SMILES string of the molecule is CCCCN1CCOC1/C=C/c1ccccc1. The van der Waals surface area contributed by atoms with Crippen LogP contribution in [-0.2, 0) is 4.74 Å². The molecule has 2 rings (SSSR count). The third-order valence-electron chi connectivity index (χ3n) is 3.08. The van der Waals surface area contributed by atoms with Crippen molar-refractivity contribution in [2.24, 2.45) is 0 Å². The monoisotopic (exact) mass is 231 g/mol. The summed E-state index contributed by atoms with van der Waals surface area (Å²) >= 11 is 0. The van der Waals surface area contributed by atoms with Gasteiger partial charge in [-0.25, -0.2) is 0 Å². The zero-order valence-corrected chi connectivity index (χ0v) is 10.5. The zero-order chi connectivity index (χ0) is 11.9. The van der Waals surface area contributed by atoms with Gasteiger partial charge in [0.1, 0.15) is 6.23 Å². The number of unbranched alkanes of at least 4 members (excludes halogenated alkanes) is 1. The number of hydrogen-bond donors (Lipinski definition) is 0. The van der Waals surface area contributed by atoms with Crippen LogP contribution in [0, 0.1) is 0 Å². The fourth-order valence-electron chi connectivity index (χ4n) is 2.06. The number of rotatable bonds is 5. The maximum absolute atomic E-state index is 5.72. The fourth-order valence-corrected chi connectivity index (χ4v) is 2.06. The Balaban J connectivity index is 1.91. The zero-order valence-electron chi connectivity index (χ0n) is 10.5. The first kappa shape index (κ1) is 12.3. The highest BCUT2D eigenvalue weighted by Gasteiger charge is 2.21. The first-order valence-electron chi connectivity index (χ1n) is 6.49. The van der Waals surface area contributed by atoms with Crippen LogP contribution in [0.25, 0.3) is 6.08 Å². The second kappa shape index (κ2) is 6.58. The van der Waals surface area contributed by atoms with Crippen LogP contribution < -0.4 is 0 Å². The van der Waals surface area contributed by atoms with E-state index in [1.54, 1.807) is 0 Å². The van der Waals surface area contributed by atoms with Gasteiger partial charge in [0, 0.05) is 13.1 Å². The predicted molar refractivity (Wildman–Crippen MR) is 71.7 cm³/mol. The first-order valence-corrected chi connectivity index (χ1v) is 6.49. The molecule has 0 radical (unpaired) electrons. The summed E-state index contributed by atoms with van der Waals surface area (Å²) in [5, 5.41) is 0. The van der Waals surface area contributed by atoms with Crippen LogP contribution in [0.2, 0.25) is 0 Å². The number of nitrogens with zero attached hydrogens (tertiary/aromatic N) is 1. The summed E-state index contributed by atoms with van der Waals surface area (Å²) in [6.07, 6.45) is 6.97. The van der Waals surface area contributed by atoms with Crippen molar-refractivity contribution in [3.63, 3.8) is 0 Å². The van der Waals surface area contributed by atoms with Crippen LogP contribution in [0.5, 0.6) is 0 Å². The van der Waals surface area contributed by atoms with Crippen molar-refractivity contribution in [1.29, 1.82) is 0 Å². The molecule has 0 saturated carbocycles. The molecule has 0 amide bonds. The molecule has 1 atom stereocenters. The van der Waals surface area contributed by atoms with Gasteiger partial charge in [-0.2, -0.15) is 0 Å². The van der Waals surface area contributed by atoms with E-state index in [4.69, 9.17) is 4.74 Å². The molecule has 1 aliphatic heterocycles. The van der Waals surface area contributed by atoms with E-state index in [1.807, 2.05) is 6.07 Å². The summed E-state index contributed by atoms with van der Waals surface area (Å²) in [5.41, 5.74) is 1.23. The molecular formula is C15H21NO. The van der Waals surface area contributed by atoms with Gasteiger partial charge < -0.3 is 4.74 Å². The van der Waals surface area contributed by atoms with Gasteiger partial charge in [-0.3, -0.25) is 4.90 Å². The average molecular weight is 231 g/mol. The van der Waals surface area contributed by atoms with E-state index in [0.717, 1.165) is 19.7 Å². The lowest BCUT2D eigenvalue weighted by molar-refractivity contribution is 0.0735. The molecule has 0 aliphatic carbocycles. The Morgan fingerprint density at radius 3 is 2.94 bits per heavy atom. The molecule has 1 aliphatic rings. The van der Waals surface area contributed by atoms with Gasteiger partial charge in [0.05, 0.1) is 6.61 Å². The summed E-state index contributed by atoms with van der Waals surface area (Å²) in [4.78, 5) is 2.41. The molecule has 1 heterocycles. The van der Waals surface area contributed by atoms with Gasteiger partial charge in [0.25, 0.3) is 0 Å². The summed E-state index contributed by atoms with van der Waals surface area (Å²) in [7, 11) is 0. The molecule has 0 spiro atoms. The highest BCUT2D eigenvalue weighted by Crippen LogP contribution is 2.14. The van der Waals surface area contributed by atoms with Crippen molar-refractivity contribution < 1.29 is 4.74 Å².